The number of nitrogens with zero attached hydrogens (tertiary/aromatic N) is 2. The predicted molar refractivity (Wildman–Crippen MR) is 107 cm³/mol. The summed E-state index contributed by atoms with van der Waals surface area (Å²) in [5, 5.41) is 10.1. The molecule has 0 unspecified atom stereocenters. The summed E-state index contributed by atoms with van der Waals surface area (Å²) < 4.78 is 5.46. The maximum absolute atomic E-state index is 12.6. The summed E-state index contributed by atoms with van der Waals surface area (Å²) in [5.41, 5.74) is 2.96. The monoisotopic (exact) mass is 384 g/mol. The number of aromatic nitrogens is 2. The van der Waals surface area contributed by atoms with Crippen LogP contribution in [0.4, 0.5) is 10.6 Å². The van der Waals surface area contributed by atoms with Gasteiger partial charge >= 0.3 is 6.09 Å². The van der Waals surface area contributed by atoms with Gasteiger partial charge in [0.05, 0.1) is 6.54 Å². The van der Waals surface area contributed by atoms with E-state index in [1.165, 1.54) is 5.56 Å². The van der Waals surface area contributed by atoms with Crippen molar-refractivity contribution in [2.24, 2.45) is 0 Å². The quantitative estimate of drug-likeness (QED) is 0.835. The molecule has 1 aliphatic rings. The lowest BCUT2D eigenvalue weighted by molar-refractivity contribution is 0.0224. The van der Waals surface area contributed by atoms with Gasteiger partial charge in [-0.2, -0.15) is 5.10 Å². The van der Waals surface area contributed by atoms with E-state index in [1.807, 2.05) is 45.0 Å². The summed E-state index contributed by atoms with van der Waals surface area (Å²) in [4.78, 5) is 26.6. The van der Waals surface area contributed by atoms with E-state index in [0.717, 1.165) is 11.3 Å². The Bertz CT molecular complexity index is 863. The van der Waals surface area contributed by atoms with Gasteiger partial charge in [0.1, 0.15) is 5.60 Å². The summed E-state index contributed by atoms with van der Waals surface area (Å²) >= 11 is 0. The molecule has 0 aliphatic carbocycles. The van der Waals surface area contributed by atoms with E-state index in [4.69, 9.17) is 4.74 Å². The minimum atomic E-state index is -0.549. The third-order valence-corrected chi connectivity index (χ3v) is 4.66. The van der Waals surface area contributed by atoms with Gasteiger partial charge in [0.25, 0.3) is 5.91 Å². The average molecular weight is 384 g/mol. The average Bonchev–Trinajstić information content (AvgIpc) is 3.02. The van der Waals surface area contributed by atoms with E-state index in [-0.39, 0.29) is 12.0 Å². The number of ether oxygens (including phenoxy) is 1. The fourth-order valence-corrected chi connectivity index (χ4v) is 3.08. The Morgan fingerprint density at radius 3 is 2.50 bits per heavy atom. The summed E-state index contributed by atoms with van der Waals surface area (Å²) in [7, 11) is 0. The van der Waals surface area contributed by atoms with Gasteiger partial charge < -0.3 is 15.0 Å². The maximum atomic E-state index is 12.6. The molecule has 0 radical (unpaired) electrons. The number of benzene rings is 1. The predicted octanol–water partition coefficient (Wildman–Crippen LogP) is 4.08. The Morgan fingerprint density at radius 2 is 1.89 bits per heavy atom. The molecule has 1 aromatic carbocycles. The second kappa shape index (κ2) is 7.66. The van der Waals surface area contributed by atoms with E-state index >= 15 is 0 Å². The van der Waals surface area contributed by atoms with E-state index in [9.17, 15) is 9.59 Å². The molecule has 3 rings (SSSR count). The van der Waals surface area contributed by atoms with Crippen molar-refractivity contribution < 1.29 is 14.3 Å². The highest BCUT2D eigenvalue weighted by Crippen LogP contribution is 2.26. The molecule has 7 heteroatoms. The third kappa shape index (κ3) is 4.52. The molecule has 1 aromatic heterocycles. The highest BCUT2D eigenvalue weighted by molar-refractivity contribution is 6.04. The lowest BCUT2D eigenvalue weighted by Gasteiger charge is -2.30. The summed E-state index contributed by atoms with van der Waals surface area (Å²) in [5.74, 6) is 0.648. The number of rotatable bonds is 3. The third-order valence-electron chi connectivity index (χ3n) is 4.66. The molecule has 7 nitrogen and oxygen atoms in total. The summed E-state index contributed by atoms with van der Waals surface area (Å²) in [6, 6.07) is 7.56. The van der Waals surface area contributed by atoms with Crippen molar-refractivity contribution in [3.05, 3.63) is 46.6 Å². The summed E-state index contributed by atoms with van der Waals surface area (Å²) in [6.07, 6.45) is 0.279. The number of anilines is 1. The molecule has 2 N–H and O–H groups in total. The SMILES string of the molecule is CC(C)c1ccc(C(=O)Nc2n[nH]c3c2CN(C(=O)OC(C)(C)C)CC3)cc1. The van der Waals surface area contributed by atoms with E-state index in [1.54, 1.807) is 4.90 Å². The van der Waals surface area contributed by atoms with Crippen LogP contribution in [0.2, 0.25) is 0 Å². The van der Waals surface area contributed by atoms with Crippen LogP contribution >= 0.6 is 0 Å². The molecule has 2 heterocycles. The van der Waals surface area contributed by atoms with Crippen LogP contribution < -0.4 is 5.32 Å². The maximum Gasteiger partial charge on any atom is 0.410 e. The van der Waals surface area contributed by atoms with Gasteiger partial charge in [0, 0.05) is 29.8 Å². The smallest absolute Gasteiger partial charge is 0.410 e. The highest BCUT2D eigenvalue weighted by atomic mass is 16.6. The summed E-state index contributed by atoms with van der Waals surface area (Å²) in [6.45, 7) is 10.6. The first-order valence-electron chi connectivity index (χ1n) is 9.59. The molecule has 0 saturated carbocycles. The van der Waals surface area contributed by atoms with Crippen LogP contribution in [0.15, 0.2) is 24.3 Å². The van der Waals surface area contributed by atoms with Crippen molar-refractivity contribution in [1.29, 1.82) is 0 Å². The van der Waals surface area contributed by atoms with Gasteiger partial charge in [-0.3, -0.25) is 9.89 Å². The van der Waals surface area contributed by atoms with Crippen LogP contribution in [0.3, 0.4) is 0 Å². The topological polar surface area (TPSA) is 87.3 Å². The molecule has 1 aliphatic heterocycles. The highest BCUT2D eigenvalue weighted by Gasteiger charge is 2.29. The van der Waals surface area contributed by atoms with Crippen LogP contribution in [0.5, 0.6) is 0 Å². The van der Waals surface area contributed by atoms with Gasteiger partial charge in [-0.1, -0.05) is 26.0 Å². The van der Waals surface area contributed by atoms with E-state index in [0.29, 0.717) is 36.8 Å². The van der Waals surface area contributed by atoms with Crippen molar-refractivity contribution in [2.45, 2.75) is 59.1 Å². The van der Waals surface area contributed by atoms with E-state index in [2.05, 4.69) is 29.4 Å². The molecular formula is C21H28N4O3. The van der Waals surface area contributed by atoms with Gasteiger partial charge in [-0.05, 0) is 44.4 Å². The van der Waals surface area contributed by atoms with Crippen molar-refractivity contribution in [1.82, 2.24) is 15.1 Å². The fraction of sp³-hybridized carbons (Fsp3) is 0.476. The molecule has 0 saturated heterocycles. The standard InChI is InChI=1S/C21H28N4O3/c1-13(2)14-6-8-15(9-7-14)19(26)22-18-16-12-25(11-10-17(16)23-24-18)20(27)28-21(3,4)5/h6-9,13H,10-12H2,1-5H3,(H2,22,23,24,26). The van der Waals surface area contributed by atoms with Crippen molar-refractivity contribution in [3.63, 3.8) is 0 Å². The Morgan fingerprint density at radius 1 is 1.21 bits per heavy atom. The number of H-pyrrole nitrogens is 1. The number of hydrogen-bond acceptors (Lipinski definition) is 4. The zero-order valence-corrected chi connectivity index (χ0v) is 17.1. The zero-order valence-electron chi connectivity index (χ0n) is 17.1. The van der Waals surface area contributed by atoms with Crippen LogP contribution in [0.1, 0.15) is 67.7 Å². The van der Waals surface area contributed by atoms with Crippen LogP contribution in [0.25, 0.3) is 0 Å². The number of fused-ring (bicyclic) bond motifs is 1. The molecule has 2 aromatic rings. The molecule has 2 amide bonds. The Kier molecular flexibility index (Phi) is 5.45. The number of carbonyl (C=O) groups is 2. The molecule has 150 valence electrons. The fourth-order valence-electron chi connectivity index (χ4n) is 3.08. The molecule has 0 fully saturated rings. The second-order valence-electron chi connectivity index (χ2n) is 8.41. The molecule has 0 bridgehead atoms. The van der Waals surface area contributed by atoms with Gasteiger partial charge in [-0.25, -0.2) is 4.79 Å². The molecule has 28 heavy (non-hydrogen) atoms. The normalized spacial score (nSPS) is 14.0. The lowest BCUT2D eigenvalue weighted by Crippen LogP contribution is -2.40. The van der Waals surface area contributed by atoms with E-state index < -0.39 is 5.60 Å². The Balaban J connectivity index is 1.71. The number of hydrogen-bond donors (Lipinski definition) is 2. The van der Waals surface area contributed by atoms with Gasteiger partial charge in [0.2, 0.25) is 0 Å². The first-order chi connectivity index (χ1) is 13.1. The second-order valence-corrected chi connectivity index (χ2v) is 8.41. The van der Waals surface area contributed by atoms with Crippen molar-refractivity contribution >= 4 is 17.8 Å². The zero-order chi connectivity index (χ0) is 20.5. The van der Waals surface area contributed by atoms with Gasteiger partial charge in [0.15, 0.2) is 5.82 Å². The van der Waals surface area contributed by atoms with Gasteiger partial charge in [-0.15, -0.1) is 0 Å². The van der Waals surface area contributed by atoms with Crippen molar-refractivity contribution in [2.75, 3.05) is 11.9 Å². The lowest BCUT2D eigenvalue weighted by atomic mass is 10.0. The number of amides is 2. The minimum Gasteiger partial charge on any atom is -0.444 e. The van der Waals surface area contributed by atoms with Crippen LogP contribution in [-0.4, -0.2) is 39.2 Å². The van der Waals surface area contributed by atoms with Crippen LogP contribution in [-0.2, 0) is 17.7 Å². The van der Waals surface area contributed by atoms with Crippen molar-refractivity contribution in [3.8, 4) is 0 Å². The largest absolute Gasteiger partial charge is 0.444 e. The minimum absolute atomic E-state index is 0.223. The Hall–Kier alpha value is -2.83. The van der Waals surface area contributed by atoms with Crippen LogP contribution in [0, 0.1) is 0 Å². The molecule has 0 spiro atoms. The first-order valence-corrected chi connectivity index (χ1v) is 9.59. The Labute approximate surface area is 165 Å². The molecule has 0 atom stereocenters. The molecular weight excluding hydrogens is 356 g/mol. The number of aromatic amines is 1. The number of nitrogens with one attached hydrogen (secondary N) is 2. The first kappa shape index (κ1) is 19.9. The number of carbonyl (C=O) groups excluding carboxylic acids is 2.